The topological polar surface area (TPSA) is 58.3 Å². The molecule has 0 radical (unpaired) electrons. The van der Waals surface area contributed by atoms with Gasteiger partial charge in [-0.2, -0.15) is 0 Å². The van der Waals surface area contributed by atoms with Crippen LogP contribution in [0.1, 0.15) is 12.0 Å². The maximum Gasteiger partial charge on any atom is 0.0823 e. The molecule has 0 aliphatic carbocycles. The molecule has 4 N–H and O–H groups in total. The van der Waals surface area contributed by atoms with Crippen LogP contribution in [0.15, 0.2) is 24.3 Å². The summed E-state index contributed by atoms with van der Waals surface area (Å²) >= 11 is 0. The molecule has 76 valence electrons. The van der Waals surface area contributed by atoms with Crippen molar-refractivity contribution in [3.8, 4) is 0 Å². The van der Waals surface area contributed by atoms with E-state index in [4.69, 9.17) is 5.73 Å². The van der Waals surface area contributed by atoms with Crippen LogP contribution in [0.25, 0.3) is 0 Å². The van der Waals surface area contributed by atoms with Gasteiger partial charge in [-0.15, -0.1) is 0 Å². The Morgan fingerprint density at radius 2 is 2.36 bits per heavy atom. The first kappa shape index (κ1) is 9.49. The van der Waals surface area contributed by atoms with Crippen LogP contribution in [0, 0.1) is 0 Å². The van der Waals surface area contributed by atoms with E-state index in [1.165, 1.54) is 0 Å². The molecule has 0 amide bonds. The van der Waals surface area contributed by atoms with Crippen molar-refractivity contribution in [3.05, 3.63) is 29.8 Å². The average Bonchev–Trinajstić information content (AvgIpc) is 2.51. The van der Waals surface area contributed by atoms with Crippen LogP contribution >= 0.6 is 0 Å². The smallest absolute Gasteiger partial charge is 0.0823 e. The van der Waals surface area contributed by atoms with Gasteiger partial charge < -0.3 is 16.2 Å². The number of rotatable bonds is 2. The summed E-state index contributed by atoms with van der Waals surface area (Å²) in [6.45, 7) is 1.58. The van der Waals surface area contributed by atoms with Crippen LogP contribution in [0.2, 0.25) is 0 Å². The van der Waals surface area contributed by atoms with Crippen LogP contribution in [0.4, 0.5) is 5.69 Å². The lowest BCUT2D eigenvalue weighted by atomic mass is 9.94. The lowest BCUT2D eigenvalue weighted by Crippen LogP contribution is -2.33. The number of anilines is 1. The highest BCUT2D eigenvalue weighted by molar-refractivity contribution is 5.41. The molecule has 1 fully saturated rings. The van der Waals surface area contributed by atoms with E-state index in [0.29, 0.717) is 13.0 Å². The Hall–Kier alpha value is -1.06. The predicted octanol–water partition coefficient (Wildman–Crippen LogP) is 0.536. The second-order valence-corrected chi connectivity index (χ2v) is 4.07. The summed E-state index contributed by atoms with van der Waals surface area (Å²) in [5.74, 6) is 0. The lowest BCUT2D eigenvalue weighted by Gasteiger charge is -2.21. The quantitative estimate of drug-likeness (QED) is 0.599. The summed E-state index contributed by atoms with van der Waals surface area (Å²) in [6.07, 6.45) is 1.51. The van der Waals surface area contributed by atoms with Gasteiger partial charge in [0.05, 0.1) is 5.60 Å². The molecule has 1 aromatic carbocycles. The first-order valence-electron chi connectivity index (χ1n) is 4.95. The SMILES string of the molecule is Nc1cccc(CC2(O)CCNC2)c1. The van der Waals surface area contributed by atoms with E-state index in [1.54, 1.807) is 0 Å². The number of nitrogen functional groups attached to an aromatic ring is 1. The van der Waals surface area contributed by atoms with Crippen molar-refractivity contribution in [3.63, 3.8) is 0 Å². The zero-order valence-corrected chi connectivity index (χ0v) is 8.16. The third kappa shape index (κ3) is 2.05. The van der Waals surface area contributed by atoms with Crippen molar-refractivity contribution in [2.24, 2.45) is 0 Å². The first-order chi connectivity index (χ1) is 6.68. The zero-order chi connectivity index (χ0) is 10.0. The molecule has 14 heavy (non-hydrogen) atoms. The molecule has 1 aliphatic heterocycles. The first-order valence-corrected chi connectivity index (χ1v) is 4.95. The van der Waals surface area contributed by atoms with Gasteiger partial charge in [-0.25, -0.2) is 0 Å². The van der Waals surface area contributed by atoms with Gasteiger partial charge in [-0.3, -0.25) is 0 Å². The van der Waals surface area contributed by atoms with E-state index < -0.39 is 5.60 Å². The third-order valence-electron chi connectivity index (χ3n) is 2.71. The standard InChI is InChI=1S/C11H16N2O/c12-10-3-1-2-9(6-10)7-11(14)4-5-13-8-11/h1-3,6,13-14H,4-5,7-8,12H2. The van der Waals surface area contributed by atoms with Crippen molar-refractivity contribution < 1.29 is 5.11 Å². The fourth-order valence-electron chi connectivity index (χ4n) is 1.96. The summed E-state index contributed by atoms with van der Waals surface area (Å²) in [4.78, 5) is 0. The Bertz CT molecular complexity index is 319. The van der Waals surface area contributed by atoms with E-state index in [0.717, 1.165) is 24.2 Å². The molecule has 1 unspecified atom stereocenters. The Kier molecular flexibility index (Phi) is 2.44. The molecule has 2 rings (SSSR count). The van der Waals surface area contributed by atoms with Gasteiger partial charge >= 0.3 is 0 Å². The van der Waals surface area contributed by atoms with E-state index in [1.807, 2.05) is 24.3 Å². The van der Waals surface area contributed by atoms with Crippen molar-refractivity contribution in [1.82, 2.24) is 5.32 Å². The summed E-state index contributed by atoms with van der Waals surface area (Å²) in [5.41, 5.74) is 6.97. The lowest BCUT2D eigenvalue weighted by molar-refractivity contribution is 0.0619. The monoisotopic (exact) mass is 192 g/mol. The number of hydrogen-bond acceptors (Lipinski definition) is 3. The van der Waals surface area contributed by atoms with Crippen molar-refractivity contribution in [2.75, 3.05) is 18.8 Å². The highest BCUT2D eigenvalue weighted by atomic mass is 16.3. The van der Waals surface area contributed by atoms with Crippen LogP contribution < -0.4 is 11.1 Å². The molecule has 3 heteroatoms. The van der Waals surface area contributed by atoms with Gasteiger partial charge in [0.1, 0.15) is 0 Å². The zero-order valence-electron chi connectivity index (χ0n) is 8.16. The maximum absolute atomic E-state index is 10.1. The molecule has 1 aromatic rings. The maximum atomic E-state index is 10.1. The largest absolute Gasteiger partial charge is 0.399 e. The summed E-state index contributed by atoms with van der Waals surface area (Å²) in [7, 11) is 0. The number of nitrogens with two attached hydrogens (primary N) is 1. The molecule has 1 saturated heterocycles. The molecule has 0 spiro atoms. The van der Waals surface area contributed by atoms with E-state index in [2.05, 4.69) is 5.32 Å². The second kappa shape index (κ2) is 3.59. The van der Waals surface area contributed by atoms with Crippen LogP contribution in [-0.2, 0) is 6.42 Å². The summed E-state index contributed by atoms with van der Waals surface area (Å²) in [5, 5.41) is 13.3. The minimum absolute atomic E-state index is 0.576. The van der Waals surface area contributed by atoms with Gasteiger partial charge in [0.15, 0.2) is 0 Å². The number of nitrogens with one attached hydrogen (secondary N) is 1. The molecule has 1 heterocycles. The highest BCUT2D eigenvalue weighted by Crippen LogP contribution is 2.21. The Morgan fingerprint density at radius 1 is 1.50 bits per heavy atom. The summed E-state index contributed by atoms with van der Waals surface area (Å²) in [6, 6.07) is 7.72. The Morgan fingerprint density at radius 3 is 3.00 bits per heavy atom. The van der Waals surface area contributed by atoms with E-state index in [9.17, 15) is 5.11 Å². The minimum Gasteiger partial charge on any atom is -0.399 e. The van der Waals surface area contributed by atoms with Gasteiger partial charge in [-0.1, -0.05) is 12.1 Å². The molecule has 0 bridgehead atoms. The van der Waals surface area contributed by atoms with Crippen LogP contribution in [0.5, 0.6) is 0 Å². The van der Waals surface area contributed by atoms with Crippen molar-refractivity contribution in [1.29, 1.82) is 0 Å². The van der Waals surface area contributed by atoms with Crippen molar-refractivity contribution >= 4 is 5.69 Å². The fraction of sp³-hybridized carbons (Fsp3) is 0.455. The van der Waals surface area contributed by atoms with Gasteiger partial charge in [0.25, 0.3) is 0 Å². The molecule has 1 atom stereocenters. The fourth-order valence-corrected chi connectivity index (χ4v) is 1.96. The molecule has 3 nitrogen and oxygen atoms in total. The predicted molar refractivity (Wildman–Crippen MR) is 57.0 cm³/mol. The normalized spacial score (nSPS) is 26.6. The Labute approximate surface area is 83.9 Å². The summed E-state index contributed by atoms with van der Waals surface area (Å²) < 4.78 is 0. The molecular formula is C11H16N2O. The third-order valence-corrected chi connectivity index (χ3v) is 2.71. The second-order valence-electron chi connectivity index (χ2n) is 4.07. The number of β-amino-alcohol motifs (C(OH)–C–C–N with tert-alkyl or cyclic N) is 1. The highest BCUT2D eigenvalue weighted by Gasteiger charge is 2.30. The molecule has 1 aliphatic rings. The minimum atomic E-state index is -0.576. The molecule has 0 aromatic heterocycles. The van der Waals surface area contributed by atoms with Gasteiger partial charge in [0.2, 0.25) is 0 Å². The Balaban J connectivity index is 2.10. The number of aliphatic hydroxyl groups is 1. The number of hydrogen-bond donors (Lipinski definition) is 3. The van der Waals surface area contributed by atoms with E-state index in [-0.39, 0.29) is 0 Å². The van der Waals surface area contributed by atoms with Crippen molar-refractivity contribution in [2.45, 2.75) is 18.4 Å². The van der Waals surface area contributed by atoms with E-state index >= 15 is 0 Å². The number of benzene rings is 1. The van der Waals surface area contributed by atoms with Gasteiger partial charge in [-0.05, 0) is 30.7 Å². The van der Waals surface area contributed by atoms with Gasteiger partial charge in [0, 0.05) is 18.7 Å². The molecular weight excluding hydrogens is 176 g/mol. The molecule has 0 saturated carbocycles. The van der Waals surface area contributed by atoms with Crippen LogP contribution in [-0.4, -0.2) is 23.8 Å². The average molecular weight is 192 g/mol. The van der Waals surface area contributed by atoms with Crippen LogP contribution in [0.3, 0.4) is 0 Å².